The molecule has 1 aliphatic rings. The van der Waals surface area contributed by atoms with Gasteiger partial charge in [-0.1, -0.05) is 37.6 Å². The number of hydrogen-bond acceptors (Lipinski definition) is 5. The van der Waals surface area contributed by atoms with Gasteiger partial charge in [-0.3, -0.25) is 14.2 Å². The fraction of sp³-hybridized carbons (Fsp3) is 0.423. The summed E-state index contributed by atoms with van der Waals surface area (Å²) in [5.74, 6) is 1.25. The molecule has 4 rings (SSSR count). The monoisotopic (exact) mass is 449 g/mol. The minimum Gasteiger partial charge on any atom is -0.495 e. The van der Waals surface area contributed by atoms with Crippen molar-refractivity contribution in [3.63, 3.8) is 0 Å². The van der Waals surface area contributed by atoms with Crippen LogP contribution in [0.5, 0.6) is 5.75 Å². The molecule has 0 aliphatic heterocycles. The number of fused-ring (bicyclic) bond motifs is 1. The maximum atomic E-state index is 13.8. The fourth-order valence-electron chi connectivity index (χ4n) is 4.46. The van der Waals surface area contributed by atoms with Crippen molar-refractivity contribution < 1.29 is 14.3 Å². The number of hydrogen-bond donors (Lipinski definition) is 0. The minimum atomic E-state index is -0.379. The Bertz CT molecular complexity index is 1190. The van der Waals surface area contributed by atoms with Crippen molar-refractivity contribution in [3.8, 4) is 11.4 Å². The molecule has 1 amide bonds. The smallest absolute Gasteiger partial charge is 0.266 e. The first-order valence-corrected chi connectivity index (χ1v) is 11.5. The van der Waals surface area contributed by atoms with Gasteiger partial charge in [0.2, 0.25) is 5.91 Å². The molecular formula is C26H31N3O4. The van der Waals surface area contributed by atoms with Gasteiger partial charge < -0.3 is 14.4 Å². The molecule has 0 N–H and O–H groups in total. The molecule has 0 radical (unpaired) electrons. The Hall–Kier alpha value is -3.19. The van der Waals surface area contributed by atoms with Crippen LogP contribution in [0.2, 0.25) is 0 Å². The summed E-state index contributed by atoms with van der Waals surface area (Å²) >= 11 is 0. The van der Waals surface area contributed by atoms with E-state index in [2.05, 4.69) is 0 Å². The van der Waals surface area contributed by atoms with E-state index in [-0.39, 0.29) is 23.4 Å². The number of carbonyl (C=O) groups is 1. The second-order valence-electron chi connectivity index (χ2n) is 8.38. The van der Waals surface area contributed by atoms with E-state index in [1.165, 1.54) is 0 Å². The highest BCUT2D eigenvalue weighted by Gasteiger charge is 2.35. The van der Waals surface area contributed by atoms with Gasteiger partial charge in [0, 0.05) is 19.6 Å². The predicted octanol–water partition coefficient (Wildman–Crippen LogP) is 4.12. The highest BCUT2D eigenvalue weighted by atomic mass is 16.5. The first-order valence-electron chi connectivity index (χ1n) is 11.5. The lowest BCUT2D eigenvalue weighted by Crippen LogP contribution is -2.44. The van der Waals surface area contributed by atoms with Crippen molar-refractivity contribution in [2.45, 2.75) is 38.6 Å². The molecule has 3 aromatic rings. The molecule has 1 unspecified atom stereocenters. The number of ether oxygens (including phenoxy) is 2. The lowest BCUT2D eigenvalue weighted by atomic mass is 9.84. The fourth-order valence-corrected chi connectivity index (χ4v) is 4.46. The maximum Gasteiger partial charge on any atom is 0.266 e. The summed E-state index contributed by atoms with van der Waals surface area (Å²) < 4.78 is 12.5. The highest BCUT2D eigenvalue weighted by molar-refractivity contribution is 5.81. The molecule has 0 saturated heterocycles. The van der Waals surface area contributed by atoms with Crippen LogP contribution in [0.25, 0.3) is 16.6 Å². The number of rotatable bonds is 9. The Kier molecular flexibility index (Phi) is 7.08. The third-order valence-electron chi connectivity index (χ3n) is 6.46. The molecule has 174 valence electrons. The summed E-state index contributed by atoms with van der Waals surface area (Å²) in [6, 6.07) is 14.3. The molecule has 7 nitrogen and oxygen atoms in total. The van der Waals surface area contributed by atoms with Gasteiger partial charge in [-0.15, -0.1) is 0 Å². The van der Waals surface area contributed by atoms with Gasteiger partial charge in [0.25, 0.3) is 5.56 Å². The van der Waals surface area contributed by atoms with E-state index in [9.17, 15) is 9.59 Å². The van der Waals surface area contributed by atoms with Crippen LogP contribution in [0.15, 0.2) is 53.3 Å². The third-order valence-corrected chi connectivity index (χ3v) is 6.46. The lowest BCUT2D eigenvalue weighted by molar-refractivity contribution is -0.142. The standard InChI is InChI=1S/C26H31N3O4/c1-4-21(28(16-17-32-2)25(30)18-10-9-11-18)24-27-20-13-6-5-12-19(20)26(31)29(24)22-14-7-8-15-23(22)33-3/h5-8,12-15,18,21H,4,9-11,16-17H2,1-3H3. The van der Waals surface area contributed by atoms with E-state index in [0.717, 1.165) is 19.3 Å². The topological polar surface area (TPSA) is 73.7 Å². The van der Waals surface area contributed by atoms with Gasteiger partial charge in [0.15, 0.2) is 0 Å². The van der Waals surface area contributed by atoms with Crippen molar-refractivity contribution in [2.75, 3.05) is 27.4 Å². The first kappa shape index (κ1) is 23.0. The normalized spacial score (nSPS) is 14.6. The molecule has 2 aromatic carbocycles. The summed E-state index contributed by atoms with van der Waals surface area (Å²) in [6.07, 6.45) is 3.50. The molecular weight excluding hydrogens is 418 g/mol. The number of benzene rings is 2. The Labute approximate surface area is 194 Å². The Morgan fingerprint density at radius 1 is 1.15 bits per heavy atom. The van der Waals surface area contributed by atoms with E-state index in [1.807, 2.05) is 54.3 Å². The van der Waals surface area contributed by atoms with Crippen molar-refractivity contribution in [3.05, 3.63) is 64.7 Å². The van der Waals surface area contributed by atoms with Crippen LogP contribution in [0.1, 0.15) is 44.5 Å². The Morgan fingerprint density at radius 3 is 2.55 bits per heavy atom. The largest absolute Gasteiger partial charge is 0.495 e. The number of nitrogens with zero attached hydrogens (tertiary/aromatic N) is 3. The zero-order valence-electron chi connectivity index (χ0n) is 19.5. The van der Waals surface area contributed by atoms with Crippen molar-refractivity contribution >= 4 is 16.8 Å². The molecule has 0 bridgehead atoms. The average molecular weight is 450 g/mol. The van der Waals surface area contributed by atoms with Gasteiger partial charge >= 0.3 is 0 Å². The van der Waals surface area contributed by atoms with E-state index in [1.54, 1.807) is 24.9 Å². The molecule has 1 aliphatic carbocycles. The quantitative estimate of drug-likeness (QED) is 0.491. The van der Waals surface area contributed by atoms with E-state index in [0.29, 0.717) is 47.7 Å². The van der Waals surface area contributed by atoms with Crippen molar-refractivity contribution in [2.24, 2.45) is 5.92 Å². The SMILES string of the molecule is CCC(c1nc2ccccc2c(=O)n1-c1ccccc1OC)N(CCOC)C(=O)C1CCC1. The Morgan fingerprint density at radius 2 is 1.88 bits per heavy atom. The van der Waals surface area contributed by atoms with E-state index in [4.69, 9.17) is 14.5 Å². The molecule has 1 atom stereocenters. The molecule has 1 fully saturated rings. The van der Waals surface area contributed by atoms with Gasteiger partial charge in [-0.2, -0.15) is 0 Å². The minimum absolute atomic E-state index is 0.0304. The lowest BCUT2D eigenvalue weighted by Gasteiger charge is -2.37. The second kappa shape index (κ2) is 10.2. The maximum absolute atomic E-state index is 13.8. The van der Waals surface area contributed by atoms with Crippen LogP contribution in [0.4, 0.5) is 0 Å². The summed E-state index contributed by atoms with van der Waals surface area (Å²) in [6.45, 7) is 2.88. The molecule has 1 saturated carbocycles. The van der Waals surface area contributed by atoms with Crippen LogP contribution in [0, 0.1) is 5.92 Å². The number of amides is 1. The number of para-hydroxylation sites is 3. The summed E-state index contributed by atoms with van der Waals surface area (Å²) in [4.78, 5) is 34.0. The second-order valence-corrected chi connectivity index (χ2v) is 8.38. The molecule has 0 spiro atoms. The molecule has 1 heterocycles. The van der Waals surface area contributed by atoms with Crippen LogP contribution >= 0.6 is 0 Å². The first-order chi connectivity index (χ1) is 16.1. The van der Waals surface area contributed by atoms with Gasteiger partial charge in [-0.05, 0) is 43.5 Å². The number of methoxy groups -OCH3 is 2. The summed E-state index contributed by atoms with van der Waals surface area (Å²) in [5, 5.41) is 0.524. The summed E-state index contributed by atoms with van der Waals surface area (Å²) in [7, 11) is 3.21. The van der Waals surface area contributed by atoms with E-state index < -0.39 is 0 Å². The van der Waals surface area contributed by atoms with Gasteiger partial charge in [0.05, 0.1) is 36.3 Å². The van der Waals surface area contributed by atoms with Crippen LogP contribution in [0.3, 0.4) is 0 Å². The molecule has 33 heavy (non-hydrogen) atoms. The zero-order chi connectivity index (χ0) is 23.4. The third kappa shape index (κ3) is 4.37. The van der Waals surface area contributed by atoms with Crippen LogP contribution < -0.4 is 10.3 Å². The number of aromatic nitrogens is 2. The summed E-state index contributed by atoms with van der Waals surface area (Å²) in [5.41, 5.74) is 1.05. The van der Waals surface area contributed by atoms with Gasteiger partial charge in [0.1, 0.15) is 11.6 Å². The van der Waals surface area contributed by atoms with E-state index >= 15 is 0 Å². The predicted molar refractivity (Wildman–Crippen MR) is 128 cm³/mol. The van der Waals surface area contributed by atoms with Crippen LogP contribution in [-0.2, 0) is 9.53 Å². The highest BCUT2D eigenvalue weighted by Crippen LogP contribution is 2.34. The molecule has 7 heteroatoms. The van der Waals surface area contributed by atoms with Crippen molar-refractivity contribution in [1.29, 1.82) is 0 Å². The van der Waals surface area contributed by atoms with Crippen LogP contribution in [-0.4, -0.2) is 47.7 Å². The average Bonchev–Trinajstić information content (AvgIpc) is 2.80. The molecule has 1 aromatic heterocycles. The van der Waals surface area contributed by atoms with Gasteiger partial charge in [-0.25, -0.2) is 4.98 Å². The van der Waals surface area contributed by atoms with Crippen molar-refractivity contribution in [1.82, 2.24) is 14.5 Å². The number of carbonyl (C=O) groups excluding carboxylic acids is 1. The zero-order valence-corrected chi connectivity index (χ0v) is 19.5. The Balaban J connectivity index is 1.95.